The average Bonchev–Trinajstić information content (AvgIpc) is 3.26. The zero-order valence-electron chi connectivity index (χ0n) is 16.0. The largest absolute Gasteiger partial charge is 0.454 e. The maximum atomic E-state index is 13.5. The van der Waals surface area contributed by atoms with E-state index in [0.29, 0.717) is 11.5 Å². The molecule has 0 aliphatic carbocycles. The summed E-state index contributed by atoms with van der Waals surface area (Å²) in [5.74, 6) is -1.57. The van der Waals surface area contributed by atoms with E-state index in [1.807, 2.05) is 26.0 Å². The topological polar surface area (TPSA) is 67.9 Å². The highest BCUT2D eigenvalue weighted by Gasteiger charge is 2.37. The molecule has 0 spiro atoms. The fraction of sp³-hybridized carbons (Fsp3) is 0.333. The molecule has 4 rings (SSSR count). The summed E-state index contributed by atoms with van der Waals surface area (Å²) >= 11 is 0. The van der Waals surface area contributed by atoms with Crippen molar-refractivity contribution >= 4 is 17.5 Å². The van der Waals surface area contributed by atoms with Crippen molar-refractivity contribution in [3.8, 4) is 11.5 Å². The number of halogens is 2. The van der Waals surface area contributed by atoms with Crippen LogP contribution in [0.2, 0.25) is 0 Å². The maximum absolute atomic E-state index is 13.5. The molecule has 1 unspecified atom stereocenters. The Kier molecular flexibility index (Phi) is 4.64. The van der Waals surface area contributed by atoms with Crippen LogP contribution < -0.4 is 19.7 Å². The van der Waals surface area contributed by atoms with E-state index in [0.717, 1.165) is 23.8 Å². The van der Waals surface area contributed by atoms with Gasteiger partial charge in [0, 0.05) is 24.7 Å². The summed E-state index contributed by atoms with van der Waals surface area (Å²) in [6.07, 6.45) is -0.0266. The van der Waals surface area contributed by atoms with Crippen molar-refractivity contribution in [3.05, 3.63) is 53.6 Å². The molecule has 8 heteroatoms. The monoisotopic (exact) mass is 402 g/mol. The van der Waals surface area contributed by atoms with E-state index in [1.165, 1.54) is 4.90 Å². The van der Waals surface area contributed by atoms with Crippen molar-refractivity contribution < 1.29 is 27.8 Å². The molecule has 2 aliphatic heterocycles. The number of hydrogen-bond acceptors (Lipinski definition) is 4. The van der Waals surface area contributed by atoms with Gasteiger partial charge in [-0.1, -0.05) is 6.07 Å². The summed E-state index contributed by atoms with van der Waals surface area (Å²) in [5, 5.41) is 2.96. The van der Waals surface area contributed by atoms with E-state index < -0.39 is 23.1 Å². The molecular formula is C21H20F2N2O4. The third-order valence-electron chi connectivity index (χ3n) is 5.18. The van der Waals surface area contributed by atoms with Gasteiger partial charge in [-0.3, -0.25) is 9.59 Å². The zero-order chi connectivity index (χ0) is 20.8. The molecule has 152 valence electrons. The van der Waals surface area contributed by atoms with Crippen LogP contribution in [0.25, 0.3) is 0 Å². The number of nitrogens with zero attached hydrogens (tertiary/aromatic N) is 1. The molecule has 0 aromatic heterocycles. The quantitative estimate of drug-likeness (QED) is 0.854. The SMILES string of the molecule is CC(C)(NC(=O)C1CC(=O)N(c2cc(F)cc(F)c2)C1)c1ccc2c(c1)OCO2. The molecule has 0 bridgehead atoms. The number of benzene rings is 2. The Morgan fingerprint density at radius 3 is 2.52 bits per heavy atom. The summed E-state index contributed by atoms with van der Waals surface area (Å²) < 4.78 is 37.7. The average molecular weight is 402 g/mol. The minimum atomic E-state index is -0.773. The van der Waals surface area contributed by atoms with Crippen LogP contribution in [0.3, 0.4) is 0 Å². The Morgan fingerprint density at radius 2 is 1.79 bits per heavy atom. The van der Waals surface area contributed by atoms with E-state index in [2.05, 4.69) is 5.32 Å². The lowest BCUT2D eigenvalue weighted by Crippen LogP contribution is -2.44. The normalized spacial score (nSPS) is 18.3. The van der Waals surface area contributed by atoms with Gasteiger partial charge in [-0.15, -0.1) is 0 Å². The van der Waals surface area contributed by atoms with Crippen molar-refractivity contribution in [2.75, 3.05) is 18.2 Å². The first-order valence-corrected chi connectivity index (χ1v) is 9.21. The molecule has 2 amide bonds. The fourth-order valence-electron chi connectivity index (χ4n) is 3.60. The first-order valence-electron chi connectivity index (χ1n) is 9.21. The molecule has 0 radical (unpaired) electrons. The second kappa shape index (κ2) is 7.02. The second-order valence-electron chi connectivity index (χ2n) is 7.72. The zero-order valence-corrected chi connectivity index (χ0v) is 16.0. The van der Waals surface area contributed by atoms with E-state index >= 15 is 0 Å². The van der Waals surface area contributed by atoms with Gasteiger partial charge in [-0.05, 0) is 43.7 Å². The number of anilines is 1. The summed E-state index contributed by atoms with van der Waals surface area (Å²) in [7, 11) is 0. The summed E-state index contributed by atoms with van der Waals surface area (Å²) in [6, 6.07) is 8.34. The molecule has 29 heavy (non-hydrogen) atoms. The van der Waals surface area contributed by atoms with Crippen molar-refractivity contribution in [1.82, 2.24) is 5.32 Å². The van der Waals surface area contributed by atoms with Crippen molar-refractivity contribution in [2.24, 2.45) is 5.92 Å². The van der Waals surface area contributed by atoms with Gasteiger partial charge in [0.15, 0.2) is 11.5 Å². The Bertz CT molecular complexity index is 972. The summed E-state index contributed by atoms with van der Waals surface area (Å²) in [5.41, 5.74) is 0.209. The maximum Gasteiger partial charge on any atom is 0.231 e. The Balaban J connectivity index is 1.48. The van der Waals surface area contributed by atoms with E-state index in [1.54, 1.807) is 6.07 Å². The molecular weight excluding hydrogens is 382 g/mol. The smallest absolute Gasteiger partial charge is 0.231 e. The van der Waals surface area contributed by atoms with Gasteiger partial charge in [0.05, 0.1) is 11.5 Å². The Morgan fingerprint density at radius 1 is 1.10 bits per heavy atom. The lowest BCUT2D eigenvalue weighted by atomic mass is 9.92. The van der Waals surface area contributed by atoms with E-state index in [9.17, 15) is 18.4 Å². The molecule has 1 saturated heterocycles. The number of fused-ring (bicyclic) bond motifs is 1. The minimum absolute atomic E-state index is 0.0266. The van der Waals surface area contributed by atoms with E-state index in [-0.39, 0.29) is 37.3 Å². The number of amides is 2. The molecule has 0 saturated carbocycles. The van der Waals surface area contributed by atoms with Gasteiger partial charge in [0.2, 0.25) is 18.6 Å². The fourth-order valence-corrected chi connectivity index (χ4v) is 3.60. The van der Waals surface area contributed by atoms with Crippen LogP contribution in [0.5, 0.6) is 11.5 Å². The first kappa shape index (κ1) is 19.2. The van der Waals surface area contributed by atoms with E-state index in [4.69, 9.17) is 9.47 Å². The van der Waals surface area contributed by atoms with Crippen LogP contribution >= 0.6 is 0 Å². The highest BCUT2D eigenvalue weighted by atomic mass is 19.1. The van der Waals surface area contributed by atoms with Crippen LogP contribution in [-0.4, -0.2) is 25.2 Å². The molecule has 2 heterocycles. The number of ether oxygens (including phenoxy) is 2. The number of hydrogen-bond donors (Lipinski definition) is 1. The molecule has 2 aromatic carbocycles. The minimum Gasteiger partial charge on any atom is -0.454 e. The molecule has 1 N–H and O–H groups in total. The van der Waals surface area contributed by atoms with Gasteiger partial charge in [0.25, 0.3) is 0 Å². The van der Waals surface area contributed by atoms with Crippen molar-refractivity contribution in [3.63, 3.8) is 0 Å². The predicted molar refractivity (Wildman–Crippen MR) is 101 cm³/mol. The van der Waals surface area contributed by atoms with Crippen LogP contribution in [0.15, 0.2) is 36.4 Å². The molecule has 6 nitrogen and oxygen atoms in total. The van der Waals surface area contributed by atoms with Crippen LogP contribution in [0, 0.1) is 17.6 Å². The number of nitrogens with one attached hydrogen (secondary N) is 1. The summed E-state index contributed by atoms with van der Waals surface area (Å²) in [4.78, 5) is 26.4. The molecule has 2 aromatic rings. The Labute approximate surface area is 166 Å². The number of carbonyl (C=O) groups is 2. The highest BCUT2D eigenvalue weighted by molar-refractivity contribution is 6.00. The van der Waals surface area contributed by atoms with Crippen LogP contribution in [-0.2, 0) is 15.1 Å². The van der Waals surface area contributed by atoms with Gasteiger partial charge >= 0.3 is 0 Å². The lowest BCUT2D eigenvalue weighted by molar-refractivity contribution is -0.127. The lowest BCUT2D eigenvalue weighted by Gasteiger charge is -2.28. The molecule has 2 aliphatic rings. The third-order valence-corrected chi connectivity index (χ3v) is 5.18. The van der Waals surface area contributed by atoms with Crippen LogP contribution in [0.4, 0.5) is 14.5 Å². The van der Waals surface area contributed by atoms with Gasteiger partial charge in [-0.25, -0.2) is 8.78 Å². The van der Waals surface area contributed by atoms with Crippen molar-refractivity contribution in [1.29, 1.82) is 0 Å². The molecule has 1 atom stereocenters. The second-order valence-corrected chi connectivity index (χ2v) is 7.72. The molecule has 1 fully saturated rings. The van der Waals surface area contributed by atoms with Gasteiger partial charge in [0.1, 0.15) is 11.6 Å². The standard InChI is InChI=1S/C21H20F2N2O4/c1-21(2,13-3-4-17-18(6-13)29-11-28-17)24-20(27)12-5-19(26)25(10-12)16-8-14(22)7-15(23)9-16/h3-4,6-9,12H,5,10-11H2,1-2H3,(H,24,27). The van der Waals surface area contributed by atoms with Crippen LogP contribution in [0.1, 0.15) is 25.8 Å². The number of rotatable bonds is 4. The van der Waals surface area contributed by atoms with Gasteiger partial charge in [-0.2, -0.15) is 0 Å². The highest BCUT2D eigenvalue weighted by Crippen LogP contribution is 2.36. The first-order chi connectivity index (χ1) is 13.7. The van der Waals surface area contributed by atoms with Gasteiger partial charge < -0.3 is 19.7 Å². The van der Waals surface area contributed by atoms with Crippen molar-refractivity contribution in [2.45, 2.75) is 25.8 Å². The summed E-state index contributed by atoms with van der Waals surface area (Å²) in [6.45, 7) is 3.91. The predicted octanol–water partition coefficient (Wildman–Crippen LogP) is 3.10. The number of carbonyl (C=O) groups excluding carboxylic acids is 2. The Hall–Kier alpha value is -3.16. The third kappa shape index (κ3) is 3.74.